The lowest BCUT2D eigenvalue weighted by Gasteiger charge is -2.43. The highest BCUT2D eigenvalue weighted by Crippen LogP contribution is 2.41. The van der Waals surface area contributed by atoms with Crippen molar-refractivity contribution < 1.29 is 8.78 Å². The van der Waals surface area contributed by atoms with Gasteiger partial charge in [-0.05, 0) is 37.1 Å². The standard InChI is InChI=1S/C20H20F2N6/c1-13-14(4-2-8-23-13)16-6-10-28(16)18-15-5-3-9-24-17(15)25-19(26-18)27-11-7-20(21,22)12-27/h2-5,8-9,16H,6-7,10-12H2,1H3. The maximum absolute atomic E-state index is 13.7. The molecule has 0 N–H and O–H groups in total. The maximum Gasteiger partial charge on any atom is 0.267 e. The normalized spacial score (nSPS) is 21.2. The van der Waals surface area contributed by atoms with Crippen molar-refractivity contribution in [3.63, 3.8) is 0 Å². The molecule has 6 nitrogen and oxygen atoms in total. The zero-order valence-electron chi connectivity index (χ0n) is 15.5. The number of rotatable bonds is 3. The second-order valence-corrected chi connectivity index (χ2v) is 7.43. The molecule has 2 aliphatic rings. The molecule has 2 aliphatic heterocycles. The van der Waals surface area contributed by atoms with Gasteiger partial charge in [-0.15, -0.1) is 0 Å². The Bertz CT molecular complexity index is 1040. The van der Waals surface area contributed by atoms with Crippen molar-refractivity contribution in [3.05, 3.63) is 47.9 Å². The van der Waals surface area contributed by atoms with Gasteiger partial charge < -0.3 is 9.80 Å². The summed E-state index contributed by atoms with van der Waals surface area (Å²) in [5.41, 5.74) is 2.69. The van der Waals surface area contributed by atoms with E-state index in [0.717, 1.165) is 29.9 Å². The molecule has 0 aromatic carbocycles. The van der Waals surface area contributed by atoms with Gasteiger partial charge in [0.2, 0.25) is 5.95 Å². The van der Waals surface area contributed by atoms with Gasteiger partial charge in [-0.2, -0.15) is 9.97 Å². The highest BCUT2D eigenvalue weighted by molar-refractivity contribution is 5.88. The summed E-state index contributed by atoms with van der Waals surface area (Å²) in [4.78, 5) is 21.7. The summed E-state index contributed by atoms with van der Waals surface area (Å²) in [5, 5.41) is 0.837. The molecule has 0 saturated carbocycles. The number of alkyl halides is 2. The predicted molar refractivity (Wildman–Crippen MR) is 103 cm³/mol. The third-order valence-electron chi connectivity index (χ3n) is 5.59. The molecule has 2 saturated heterocycles. The van der Waals surface area contributed by atoms with Crippen LogP contribution in [0.3, 0.4) is 0 Å². The van der Waals surface area contributed by atoms with Crippen LogP contribution in [0, 0.1) is 6.92 Å². The number of pyridine rings is 2. The van der Waals surface area contributed by atoms with Crippen LogP contribution in [0.25, 0.3) is 11.0 Å². The van der Waals surface area contributed by atoms with E-state index >= 15 is 0 Å². The summed E-state index contributed by atoms with van der Waals surface area (Å²) in [5.74, 6) is -1.62. The minimum Gasteiger partial charge on any atom is -0.349 e. The summed E-state index contributed by atoms with van der Waals surface area (Å²) in [6.07, 6.45) is 4.28. The van der Waals surface area contributed by atoms with Crippen LogP contribution >= 0.6 is 0 Å². The lowest BCUT2D eigenvalue weighted by Crippen LogP contribution is -2.42. The van der Waals surface area contributed by atoms with Crippen molar-refractivity contribution in [1.29, 1.82) is 0 Å². The Morgan fingerprint density at radius 2 is 1.89 bits per heavy atom. The number of hydrogen-bond acceptors (Lipinski definition) is 6. The molecular formula is C20H20F2N6. The molecule has 0 spiro atoms. The van der Waals surface area contributed by atoms with Gasteiger partial charge in [0.25, 0.3) is 5.92 Å². The van der Waals surface area contributed by atoms with E-state index in [-0.39, 0.29) is 25.6 Å². The van der Waals surface area contributed by atoms with Gasteiger partial charge in [0.05, 0.1) is 18.0 Å². The quantitative estimate of drug-likeness (QED) is 0.691. The fraction of sp³-hybridized carbons (Fsp3) is 0.400. The number of aryl methyl sites for hydroxylation is 1. The Morgan fingerprint density at radius 1 is 1.07 bits per heavy atom. The Balaban J connectivity index is 1.58. The van der Waals surface area contributed by atoms with E-state index in [1.807, 2.05) is 25.1 Å². The topological polar surface area (TPSA) is 58.0 Å². The second kappa shape index (κ2) is 6.32. The van der Waals surface area contributed by atoms with Crippen LogP contribution in [-0.2, 0) is 0 Å². The molecule has 144 valence electrons. The first-order valence-electron chi connectivity index (χ1n) is 9.45. The lowest BCUT2D eigenvalue weighted by atomic mass is 9.93. The first-order chi connectivity index (χ1) is 13.5. The van der Waals surface area contributed by atoms with Gasteiger partial charge in [0.15, 0.2) is 5.65 Å². The van der Waals surface area contributed by atoms with Gasteiger partial charge in [0.1, 0.15) is 5.82 Å². The van der Waals surface area contributed by atoms with Crippen molar-refractivity contribution in [2.24, 2.45) is 0 Å². The van der Waals surface area contributed by atoms with Crippen LogP contribution in [0.15, 0.2) is 36.7 Å². The zero-order valence-corrected chi connectivity index (χ0v) is 15.5. The number of hydrogen-bond donors (Lipinski definition) is 0. The van der Waals surface area contributed by atoms with E-state index in [2.05, 4.69) is 25.9 Å². The monoisotopic (exact) mass is 382 g/mol. The number of halogens is 2. The summed E-state index contributed by atoms with van der Waals surface area (Å²) < 4.78 is 27.5. The number of anilines is 2. The van der Waals surface area contributed by atoms with Gasteiger partial charge in [-0.25, -0.2) is 13.8 Å². The first kappa shape index (κ1) is 17.2. The Hall–Kier alpha value is -2.90. The van der Waals surface area contributed by atoms with Gasteiger partial charge in [-0.3, -0.25) is 4.98 Å². The van der Waals surface area contributed by atoms with E-state index in [1.54, 1.807) is 17.3 Å². The molecule has 0 radical (unpaired) electrons. The second-order valence-electron chi connectivity index (χ2n) is 7.43. The summed E-state index contributed by atoms with van der Waals surface area (Å²) >= 11 is 0. The van der Waals surface area contributed by atoms with Crippen molar-refractivity contribution in [1.82, 2.24) is 19.9 Å². The number of nitrogens with zero attached hydrogens (tertiary/aromatic N) is 6. The SMILES string of the molecule is Cc1ncccc1C1CCN1c1nc(N2CCC(F)(F)C2)nc2ncccc12. The smallest absolute Gasteiger partial charge is 0.267 e. The average molecular weight is 382 g/mol. The van der Waals surface area contributed by atoms with Crippen molar-refractivity contribution in [2.75, 3.05) is 29.4 Å². The maximum atomic E-state index is 13.7. The fourth-order valence-electron chi connectivity index (χ4n) is 4.02. The molecule has 8 heteroatoms. The van der Waals surface area contributed by atoms with Crippen LogP contribution < -0.4 is 9.80 Å². The number of aromatic nitrogens is 4. The molecule has 5 heterocycles. The summed E-state index contributed by atoms with van der Waals surface area (Å²) in [6, 6.07) is 7.98. The minimum atomic E-state index is -2.70. The summed E-state index contributed by atoms with van der Waals surface area (Å²) in [6.45, 7) is 2.74. The van der Waals surface area contributed by atoms with Crippen LogP contribution in [-0.4, -0.2) is 45.5 Å². The molecule has 3 aromatic heterocycles. The zero-order chi connectivity index (χ0) is 19.3. The van der Waals surface area contributed by atoms with Crippen molar-refractivity contribution >= 4 is 22.8 Å². The van der Waals surface area contributed by atoms with E-state index < -0.39 is 5.92 Å². The minimum absolute atomic E-state index is 0.167. The van der Waals surface area contributed by atoms with Crippen LogP contribution in [0.5, 0.6) is 0 Å². The molecular weight excluding hydrogens is 362 g/mol. The third kappa shape index (κ3) is 2.83. The van der Waals surface area contributed by atoms with E-state index in [4.69, 9.17) is 4.98 Å². The predicted octanol–water partition coefficient (Wildman–Crippen LogP) is 3.53. The number of fused-ring (bicyclic) bond motifs is 1. The molecule has 0 amide bonds. The van der Waals surface area contributed by atoms with Gasteiger partial charge >= 0.3 is 0 Å². The van der Waals surface area contributed by atoms with E-state index in [0.29, 0.717) is 11.6 Å². The first-order valence-corrected chi connectivity index (χ1v) is 9.45. The third-order valence-corrected chi connectivity index (χ3v) is 5.59. The lowest BCUT2D eigenvalue weighted by molar-refractivity contribution is 0.0256. The van der Waals surface area contributed by atoms with Gasteiger partial charge in [0, 0.05) is 37.6 Å². The van der Waals surface area contributed by atoms with Crippen molar-refractivity contribution in [3.8, 4) is 0 Å². The average Bonchev–Trinajstić information content (AvgIpc) is 3.02. The molecule has 28 heavy (non-hydrogen) atoms. The highest BCUT2D eigenvalue weighted by atomic mass is 19.3. The van der Waals surface area contributed by atoms with Crippen LogP contribution in [0.4, 0.5) is 20.5 Å². The van der Waals surface area contributed by atoms with E-state index in [1.165, 1.54) is 5.56 Å². The Kier molecular flexibility index (Phi) is 3.89. The van der Waals surface area contributed by atoms with E-state index in [9.17, 15) is 8.78 Å². The molecule has 5 rings (SSSR count). The van der Waals surface area contributed by atoms with Gasteiger partial charge in [-0.1, -0.05) is 6.07 Å². The molecule has 1 atom stereocenters. The van der Waals surface area contributed by atoms with Crippen LogP contribution in [0.2, 0.25) is 0 Å². The molecule has 0 aliphatic carbocycles. The summed E-state index contributed by atoms with van der Waals surface area (Å²) in [7, 11) is 0. The van der Waals surface area contributed by atoms with Crippen LogP contribution in [0.1, 0.15) is 30.1 Å². The van der Waals surface area contributed by atoms with Crippen molar-refractivity contribution in [2.45, 2.75) is 31.7 Å². The highest BCUT2D eigenvalue weighted by Gasteiger charge is 2.40. The molecule has 0 bridgehead atoms. The largest absolute Gasteiger partial charge is 0.349 e. The Morgan fingerprint density at radius 3 is 2.61 bits per heavy atom. The molecule has 2 fully saturated rings. The fourth-order valence-corrected chi connectivity index (χ4v) is 4.02. The molecule has 3 aromatic rings. The Labute approximate surface area is 161 Å². The molecule has 1 unspecified atom stereocenters.